The molecule has 0 saturated carbocycles. The van der Waals surface area contributed by atoms with Crippen LogP contribution in [0.4, 0.5) is 0 Å². The molecule has 1 aromatic heterocycles. The summed E-state index contributed by atoms with van der Waals surface area (Å²) in [5, 5.41) is 11.0. The van der Waals surface area contributed by atoms with Gasteiger partial charge in [0.25, 0.3) is 0 Å². The summed E-state index contributed by atoms with van der Waals surface area (Å²) in [5.74, 6) is 0. The van der Waals surface area contributed by atoms with Gasteiger partial charge in [0.15, 0.2) is 0 Å². The Morgan fingerprint density at radius 2 is 1.92 bits per heavy atom. The average Bonchev–Trinajstić information content (AvgIpc) is 2.59. The number of hydrogen-bond donors (Lipinski definition) is 1. The Labute approximate surface area is 95.8 Å². The van der Waals surface area contributed by atoms with Crippen molar-refractivity contribution in [2.24, 2.45) is 0 Å². The zero-order chi connectivity index (χ0) is 8.23. The Morgan fingerprint density at radius 1 is 1.15 bits per heavy atom. The summed E-state index contributed by atoms with van der Waals surface area (Å²) in [5.41, 5.74) is 0. The minimum atomic E-state index is 0. The van der Waals surface area contributed by atoms with E-state index in [1.54, 1.807) is 18.0 Å². The molecule has 5 heteroatoms. The van der Waals surface area contributed by atoms with Gasteiger partial charge in [-0.15, -0.1) is 5.10 Å². The number of hydrogen-bond acceptors (Lipinski definition) is 3. The maximum absolute atomic E-state index is 3.87. The fourth-order valence-electron chi connectivity index (χ4n) is 0.850. The molecule has 0 spiro atoms. The van der Waals surface area contributed by atoms with E-state index in [0.29, 0.717) is 0 Å². The maximum atomic E-state index is 3.87. The van der Waals surface area contributed by atoms with Crippen LogP contribution in [0, 0.1) is 0 Å². The van der Waals surface area contributed by atoms with Crippen molar-refractivity contribution in [3.8, 4) is 0 Å². The van der Waals surface area contributed by atoms with Gasteiger partial charge in [-0.3, -0.25) is 5.10 Å². The van der Waals surface area contributed by atoms with Crippen molar-refractivity contribution in [3.63, 3.8) is 0 Å². The summed E-state index contributed by atoms with van der Waals surface area (Å²) < 4.78 is 0. The first kappa shape index (κ1) is 10.5. The second-order valence-electron chi connectivity index (χ2n) is 2.23. The Bertz CT molecular complexity index is 336. The molecule has 13 heavy (non-hydrogen) atoms. The summed E-state index contributed by atoms with van der Waals surface area (Å²) in [4.78, 5) is 1.17. The molecule has 0 saturated heterocycles. The van der Waals surface area contributed by atoms with E-state index in [1.165, 1.54) is 4.90 Å². The fraction of sp³-hybridized carbons (Fsp3) is 0. The number of H-pyrrole nitrogens is 1. The molecule has 0 bridgehead atoms. The van der Waals surface area contributed by atoms with Crippen LogP contribution in [0.15, 0.2) is 46.5 Å². The smallest absolute Gasteiger partial charge is 0.143 e. The summed E-state index contributed by atoms with van der Waals surface area (Å²) in [7, 11) is 0. The molecular weight excluding hydrogens is 278 g/mol. The van der Waals surface area contributed by atoms with Gasteiger partial charge in [-0.2, -0.15) is 0 Å². The van der Waals surface area contributed by atoms with E-state index in [4.69, 9.17) is 0 Å². The summed E-state index contributed by atoms with van der Waals surface area (Å²) in [6.07, 6.45) is 1.78. The van der Waals surface area contributed by atoms with Gasteiger partial charge in [0, 0.05) is 27.3 Å². The van der Waals surface area contributed by atoms with Gasteiger partial charge in [-0.1, -0.05) is 35.2 Å². The third-order valence-corrected chi connectivity index (χ3v) is 2.28. The topological polar surface area (TPSA) is 41.6 Å². The summed E-state index contributed by atoms with van der Waals surface area (Å²) >= 11 is 1.59. The normalized spacial score (nSPS) is 9.23. The van der Waals surface area contributed by atoms with E-state index in [1.807, 2.05) is 30.3 Å². The van der Waals surface area contributed by atoms with E-state index in [-0.39, 0.29) is 22.4 Å². The monoisotopic (exact) mass is 284 g/mol. The minimum absolute atomic E-state index is 0. The first-order valence-corrected chi connectivity index (χ1v) is 4.36. The van der Waals surface area contributed by atoms with Crippen molar-refractivity contribution >= 4 is 11.8 Å². The Balaban J connectivity index is 0.000000845. The zero-order valence-corrected chi connectivity index (χ0v) is 8.87. The van der Waals surface area contributed by atoms with Crippen LogP contribution in [-0.2, 0) is 22.4 Å². The van der Waals surface area contributed by atoms with Crippen LogP contribution in [0.25, 0.3) is 0 Å². The van der Waals surface area contributed by atoms with Crippen LogP contribution in [0.5, 0.6) is 0 Å². The van der Waals surface area contributed by atoms with Crippen molar-refractivity contribution in [1.29, 1.82) is 0 Å². The molecule has 1 aromatic carbocycles. The van der Waals surface area contributed by atoms with Crippen molar-refractivity contribution < 1.29 is 22.4 Å². The summed E-state index contributed by atoms with van der Waals surface area (Å²) in [6, 6.07) is 10.1. The quantitative estimate of drug-likeness (QED) is 0.858. The van der Waals surface area contributed by atoms with Crippen LogP contribution >= 0.6 is 11.8 Å². The van der Waals surface area contributed by atoms with Crippen LogP contribution in [-0.4, -0.2) is 15.4 Å². The number of nitrogens with zero attached hydrogens (tertiary/aromatic N) is 2. The molecule has 0 aliphatic rings. The third kappa shape index (κ3) is 3.00. The SMILES string of the molecule is [Ag].c1ccc(Sc2c[nH]nn2)cc1. The molecule has 1 heterocycles. The van der Waals surface area contributed by atoms with Crippen LogP contribution in [0.1, 0.15) is 0 Å². The van der Waals surface area contributed by atoms with Crippen LogP contribution in [0.3, 0.4) is 0 Å². The van der Waals surface area contributed by atoms with Gasteiger partial charge >= 0.3 is 0 Å². The second kappa shape index (κ2) is 5.24. The van der Waals surface area contributed by atoms with Gasteiger partial charge in [-0.05, 0) is 12.1 Å². The van der Waals surface area contributed by atoms with E-state index in [2.05, 4.69) is 15.4 Å². The Hall–Kier alpha value is -0.550. The van der Waals surface area contributed by atoms with Crippen LogP contribution < -0.4 is 0 Å². The molecule has 0 unspecified atom stereocenters. The standard InChI is InChI=1S/C8H7N3S.Ag/c1-2-4-7(5-3-1)12-8-6-9-11-10-8;/h1-6H,(H,9,10,11);. The molecule has 0 aliphatic heterocycles. The Morgan fingerprint density at radius 3 is 2.54 bits per heavy atom. The van der Waals surface area contributed by atoms with E-state index >= 15 is 0 Å². The third-order valence-electron chi connectivity index (χ3n) is 1.36. The number of aromatic amines is 1. The largest absolute Gasteiger partial charge is 0.264 e. The molecule has 0 amide bonds. The first-order valence-electron chi connectivity index (χ1n) is 3.54. The number of rotatable bonds is 2. The van der Waals surface area contributed by atoms with Gasteiger partial charge < -0.3 is 0 Å². The molecule has 2 aromatic rings. The molecular formula is C8H7AgN3S. The van der Waals surface area contributed by atoms with Crippen molar-refractivity contribution in [1.82, 2.24) is 15.4 Å². The molecule has 3 nitrogen and oxygen atoms in total. The number of nitrogens with one attached hydrogen (secondary N) is 1. The maximum Gasteiger partial charge on any atom is 0.143 e. The van der Waals surface area contributed by atoms with E-state index in [0.717, 1.165) is 5.03 Å². The van der Waals surface area contributed by atoms with E-state index in [9.17, 15) is 0 Å². The van der Waals surface area contributed by atoms with Crippen molar-refractivity contribution in [3.05, 3.63) is 36.5 Å². The predicted molar refractivity (Wildman–Crippen MR) is 46.9 cm³/mol. The second-order valence-corrected chi connectivity index (χ2v) is 3.32. The predicted octanol–water partition coefficient (Wildman–Crippen LogP) is 1.95. The van der Waals surface area contributed by atoms with Gasteiger partial charge in [-0.25, -0.2) is 0 Å². The fourth-order valence-corrected chi connectivity index (χ4v) is 1.58. The minimum Gasteiger partial charge on any atom is -0.264 e. The average molecular weight is 285 g/mol. The molecule has 1 radical (unpaired) electrons. The van der Waals surface area contributed by atoms with Crippen LogP contribution in [0.2, 0.25) is 0 Å². The molecule has 0 fully saturated rings. The van der Waals surface area contributed by atoms with E-state index < -0.39 is 0 Å². The first-order chi connectivity index (χ1) is 5.95. The van der Waals surface area contributed by atoms with Crippen molar-refractivity contribution in [2.45, 2.75) is 9.92 Å². The van der Waals surface area contributed by atoms with Crippen molar-refractivity contribution in [2.75, 3.05) is 0 Å². The van der Waals surface area contributed by atoms with Gasteiger partial charge in [0.1, 0.15) is 5.03 Å². The number of aromatic nitrogens is 3. The number of benzene rings is 1. The Kier molecular flexibility index (Phi) is 4.24. The zero-order valence-electron chi connectivity index (χ0n) is 6.57. The molecule has 2 rings (SSSR count). The molecule has 0 aliphatic carbocycles. The molecule has 0 atom stereocenters. The summed E-state index contributed by atoms with van der Waals surface area (Å²) in [6.45, 7) is 0. The van der Waals surface area contributed by atoms with Gasteiger partial charge in [0.2, 0.25) is 0 Å². The molecule has 1 N–H and O–H groups in total. The molecule has 71 valence electrons. The van der Waals surface area contributed by atoms with Gasteiger partial charge in [0.05, 0.1) is 6.20 Å².